The molecule has 1 N–H and O–H groups in total. The highest BCUT2D eigenvalue weighted by molar-refractivity contribution is 7.89. The van der Waals surface area contributed by atoms with Crippen molar-refractivity contribution in [2.75, 3.05) is 13.2 Å². The molecule has 144 valence electrons. The molecule has 0 unspecified atom stereocenters. The number of ether oxygens (including phenoxy) is 1. The van der Waals surface area contributed by atoms with E-state index in [0.717, 1.165) is 23.8 Å². The molecule has 0 saturated carbocycles. The summed E-state index contributed by atoms with van der Waals surface area (Å²) in [6.07, 6.45) is 0. The number of benzene rings is 2. The summed E-state index contributed by atoms with van der Waals surface area (Å²) >= 11 is 0. The average Bonchev–Trinajstić information content (AvgIpc) is 2.57. The van der Waals surface area contributed by atoms with Gasteiger partial charge in [0.1, 0.15) is 18.2 Å². The summed E-state index contributed by atoms with van der Waals surface area (Å²) in [5.41, 5.74) is 2.06. The SMILES string of the molecule is Cc1ccc(C(=O)COC(=O)CNS(=O)(=O)c2c(F)cccc2F)c(C)c1. The number of rotatable bonds is 7. The predicted octanol–water partition coefficient (Wildman–Crippen LogP) is 2.29. The standard InChI is InChI=1S/C18H17F2NO5S/c1-11-6-7-13(12(2)8-11)16(22)10-26-17(23)9-21-27(24,25)18-14(19)4-3-5-15(18)20/h3-8,21H,9-10H2,1-2H3. The quantitative estimate of drug-likeness (QED) is 0.572. The van der Waals surface area contributed by atoms with Crippen LogP contribution < -0.4 is 4.72 Å². The van der Waals surface area contributed by atoms with Crippen LogP contribution in [0.25, 0.3) is 0 Å². The van der Waals surface area contributed by atoms with Crippen LogP contribution in [0.4, 0.5) is 8.78 Å². The van der Waals surface area contributed by atoms with E-state index in [1.807, 2.05) is 6.92 Å². The molecule has 2 aromatic rings. The van der Waals surface area contributed by atoms with E-state index in [1.54, 1.807) is 29.8 Å². The van der Waals surface area contributed by atoms with Crippen molar-refractivity contribution in [2.24, 2.45) is 0 Å². The van der Waals surface area contributed by atoms with E-state index in [-0.39, 0.29) is 0 Å². The first-order valence-corrected chi connectivity index (χ1v) is 9.30. The number of carbonyl (C=O) groups excluding carboxylic acids is 2. The molecule has 2 rings (SSSR count). The normalized spacial score (nSPS) is 11.3. The first kappa shape index (κ1) is 20.7. The van der Waals surface area contributed by atoms with Gasteiger partial charge in [0.25, 0.3) is 0 Å². The highest BCUT2D eigenvalue weighted by Crippen LogP contribution is 2.17. The van der Waals surface area contributed by atoms with Gasteiger partial charge in [0.15, 0.2) is 11.5 Å². The van der Waals surface area contributed by atoms with Crippen LogP contribution >= 0.6 is 0 Å². The zero-order chi connectivity index (χ0) is 20.2. The van der Waals surface area contributed by atoms with Crippen LogP contribution in [-0.2, 0) is 19.6 Å². The molecule has 9 heteroatoms. The van der Waals surface area contributed by atoms with Crippen LogP contribution in [0, 0.1) is 25.5 Å². The summed E-state index contributed by atoms with van der Waals surface area (Å²) in [5, 5.41) is 0. The minimum Gasteiger partial charge on any atom is -0.456 e. The zero-order valence-corrected chi connectivity index (χ0v) is 15.4. The molecule has 0 saturated heterocycles. The Morgan fingerprint density at radius 3 is 2.30 bits per heavy atom. The number of hydrogen-bond donors (Lipinski definition) is 1. The van der Waals surface area contributed by atoms with Crippen LogP contribution in [0.1, 0.15) is 21.5 Å². The molecule has 0 aromatic heterocycles. The van der Waals surface area contributed by atoms with Gasteiger partial charge >= 0.3 is 5.97 Å². The number of aryl methyl sites for hydroxylation is 2. The van der Waals surface area contributed by atoms with Crippen molar-refractivity contribution < 1.29 is 31.5 Å². The average molecular weight is 397 g/mol. The van der Waals surface area contributed by atoms with Crippen molar-refractivity contribution in [2.45, 2.75) is 18.7 Å². The number of hydrogen-bond acceptors (Lipinski definition) is 5. The highest BCUT2D eigenvalue weighted by atomic mass is 32.2. The molecule has 0 aliphatic rings. The van der Waals surface area contributed by atoms with E-state index < -0.39 is 51.5 Å². The molecule has 27 heavy (non-hydrogen) atoms. The summed E-state index contributed by atoms with van der Waals surface area (Å²) in [4.78, 5) is 22.6. The fourth-order valence-electron chi connectivity index (χ4n) is 2.37. The summed E-state index contributed by atoms with van der Waals surface area (Å²) in [6, 6.07) is 7.70. The van der Waals surface area contributed by atoms with E-state index in [9.17, 15) is 26.8 Å². The Hall–Kier alpha value is -2.65. The number of nitrogens with one attached hydrogen (secondary N) is 1. The predicted molar refractivity (Wildman–Crippen MR) is 92.8 cm³/mol. The lowest BCUT2D eigenvalue weighted by Gasteiger charge is -2.09. The number of carbonyl (C=O) groups is 2. The Morgan fingerprint density at radius 1 is 1.07 bits per heavy atom. The largest absolute Gasteiger partial charge is 0.456 e. The lowest BCUT2D eigenvalue weighted by Crippen LogP contribution is -2.32. The van der Waals surface area contributed by atoms with Gasteiger partial charge in [-0.3, -0.25) is 9.59 Å². The number of esters is 1. The third-order valence-electron chi connectivity index (χ3n) is 3.64. The maximum atomic E-state index is 13.6. The van der Waals surface area contributed by atoms with Crippen LogP contribution in [0.15, 0.2) is 41.3 Å². The second kappa shape index (κ2) is 8.36. The van der Waals surface area contributed by atoms with Crippen molar-refractivity contribution in [1.29, 1.82) is 0 Å². The Labute approximate surface area is 155 Å². The van der Waals surface area contributed by atoms with Crippen LogP contribution in [-0.4, -0.2) is 33.3 Å². The maximum absolute atomic E-state index is 13.6. The van der Waals surface area contributed by atoms with Crippen molar-refractivity contribution in [3.8, 4) is 0 Å². The molecule has 0 atom stereocenters. The smallest absolute Gasteiger partial charge is 0.321 e. The number of ketones is 1. The second-order valence-corrected chi connectivity index (χ2v) is 7.48. The third-order valence-corrected chi connectivity index (χ3v) is 5.09. The summed E-state index contributed by atoms with van der Waals surface area (Å²) < 4.78 is 57.5. The van der Waals surface area contributed by atoms with Crippen LogP contribution in [0.5, 0.6) is 0 Å². The molecule has 6 nitrogen and oxygen atoms in total. The highest BCUT2D eigenvalue weighted by Gasteiger charge is 2.24. The summed E-state index contributed by atoms with van der Waals surface area (Å²) in [6.45, 7) is 2.14. The fraction of sp³-hybridized carbons (Fsp3) is 0.222. The molecule has 0 aliphatic heterocycles. The molecule has 0 heterocycles. The van der Waals surface area contributed by atoms with Gasteiger partial charge < -0.3 is 4.74 Å². The van der Waals surface area contributed by atoms with Crippen molar-refractivity contribution in [1.82, 2.24) is 4.72 Å². The molecular formula is C18H17F2NO5S. The molecule has 0 radical (unpaired) electrons. The van der Waals surface area contributed by atoms with E-state index in [0.29, 0.717) is 11.1 Å². The number of Topliss-reactive ketones (excluding diaryl/α,β-unsaturated/α-hetero) is 1. The van der Waals surface area contributed by atoms with Gasteiger partial charge in [-0.2, -0.15) is 4.72 Å². The Balaban J connectivity index is 1.95. The minimum absolute atomic E-state index is 0.377. The zero-order valence-electron chi connectivity index (χ0n) is 14.6. The first-order valence-electron chi connectivity index (χ1n) is 7.81. The molecule has 0 spiro atoms. The molecule has 0 bridgehead atoms. The Kier molecular flexibility index (Phi) is 6.40. The molecule has 0 amide bonds. The summed E-state index contributed by atoms with van der Waals surface area (Å²) in [7, 11) is -4.60. The van der Waals surface area contributed by atoms with Gasteiger partial charge in [-0.1, -0.05) is 29.8 Å². The maximum Gasteiger partial charge on any atom is 0.321 e. The van der Waals surface area contributed by atoms with Crippen molar-refractivity contribution in [3.63, 3.8) is 0 Å². The van der Waals surface area contributed by atoms with Gasteiger partial charge in [-0.15, -0.1) is 0 Å². The lowest BCUT2D eigenvalue weighted by molar-refractivity contribution is -0.141. The van der Waals surface area contributed by atoms with E-state index >= 15 is 0 Å². The molecule has 2 aromatic carbocycles. The number of halogens is 2. The van der Waals surface area contributed by atoms with E-state index in [1.165, 1.54) is 0 Å². The van der Waals surface area contributed by atoms with Crippen LogP contribution in [0.3, 0.4) is 0 Å². The molecular weight excluding hydrogens is 380 g/mol. The first-order chi connectivity index (χ1) is 12.6. The third kappa shape index (κ3) is 5.18. The monoisotopic (exact) mass is 397 g/mol. The van der Waals surface area contributed by atoms with Gasteiger partial charge in [-0.25, -0.2) is 17.2 Å². The van der Waals surface area contributed by atoms with E-state index in [2.05, 4.69) is 0 Å². The topological polar surface area (TPSA) is 89.5 Å². The van der Waals surface area contributed by atoms with Gasteiger partial charge in [0.2, 0.25) is 15.8 Å². The van der Waals surface area contributed by atoms with Gasteiger partial charge in [0, 0.05) is 5.56 Å². The molecule has 0 fully saturated rings. The van der Waals surface area contributed by atoms with E-state index in [4.69, 9.17) is 4.74 Å². The minimum atomic E-state index is -4.60. The Bertz CT molecular complexity index is 969. The fourth-order valence-corrected chi connectivity index (χ4v) is 3.47. The van der Waals surface area contributed by atoms with Gasteiger partial charge in [-0.05, 0) is 31.5 Å². The van der Waals surface area contributed by atoms with Crippen LogP contribution in [0.2, 0.25) is 0 Å². The Morgan fingerprint density at radius 2 is 1.70 bits per heavy atom. The lowest BCUT2D eigenvalue weighted by atomic mass is 10.0. The van der Waals surface area contributed by atoms with Crippen molar-refractivity contribution >= 4 is 21.8 Å². The summed E-state index contributed by atoms with van der Waals surface area (Å²) in [5.74, 6) is -4.10. The second-order valence-electron chi connectivity index (χ2n) is 5.78. The molecule has 0 aliphatic carbocycles. The van der Waals surface area contributed by atoms with Crippen molar-refractivity contribution in [3.05, 3.63) is 64.7 Å². The van der Waals surface area contributed by atoms with Gasteiger partial charge in [0.05, 0.1) is 0 Å². The number of sulfonamides is 1.